The van der Waals surface area contributed by atoms with Gasteiger partial charge in [-0.2, -0.15) is 0 Å². The summed E-state index contributed by atoms with van der Waals surface area (Å²) in [7, 11) is 1.43. The fraction of sp³-hybridized carbons (Fsp3) is 0.875. The Bertz CT molecular complexity index is 138. The standard InChI is InChI=1S/C8H14O3/c1-3-11-7-4-6(5-7)8(9)10-2/h6-7H,3-5H2,1-2H3. The summed E-state index contributed by atoms with van der Waals surface area (Å²) in [5, 5.41) is 0. The minimum atomic E-state index is -0.0963. The average molecular weight is 158 g/mol. The molecule has 0 saturated heterocycles. The fourth-order valence-corrected chi connectivity index (χ4v) is 1.30. The summed E-state index contributed by atoms with van der Waals surface area (Å²) in [6.45, 7) is 2.70. The van der Waals surface area contributed by atoms with Crippen LogP contribution < -0.4 is 0 Å². The van der Waals surface area contributed by atoms with E-state index in [0.29, 0.717) is 6.10 Å². The topological polar surface area (TPSA) is 35.5 Å². The zero-order chi connectivity index (χ0) is 8.27. The fourth-order valence-electron chi connectivity index (χ4n) is 1.30. The number of carbonyl (C=O) groups excluding carboxylic acids is 1. The van der Waals surface area contributed by atoms with E-state index in [1.807, 2.05) is 6.92 Å². The van der Waals surface area contributed by atoms with Gasteiger partial charge in [0.25, 0.3) is 0 Å². The third kappa shape index (κ3) is 1.93. The van der Waals surface area contributed by atoms with Crippen molar-refractivity contribution < 1.29 is 14.3 Å². The van der Waals surface area contributed by atoms with E-state index in [1.54, 1.807) is 0 Å². The molecule has 0 unspecified atom stereocenters. The molecule has 1 aliphatic rings. The first-order valence-electron chi connectivity index (χ1n) is 3.97. The molecule has 64 valence electrons. The van der Waals surface area contributed by atoms with Gasteiger partial charge in [0.1, 0.15) is 0 Å². The molecule has 0 bridgehead atoms. The van der Waals surface area contributed by atoms with E-state index >= 15 is 0 Å². The molecule has 11 heavy (non-hydrogen) atoms. The molecule has 0 amide bonds. The Labute approximate surface area is 66.7 Å². The van der Waals surface area contributed by atoms with Crippen LogP contribution in [0.4, 0.5) is 0 Å². The summed E-state index contributed by atoms with van der Waals surface area (Å²) in [5.74, 6) is -0.00231. The normalized spacial score (nSPS) is 29.3. The van der Waals surface area contributed by atoms with Crippen LogP contribution in [0.1, 0.15) is 19.8 Å². The van der Waals surface area contributed by atoms with Crippen molar-refractivity contribution in [2.24, 2.45) is 5.92 Å². The molecule has 0 radical (unpaired) electrons. The number of methoxy groups -OCH3 is 1. The Hall–Kier alpha value is -0.570. The highest BCUT2D eigenvalue weighted by atomic mass is 16.5. The largest absolute Gasteiger partial charge is 0.469 e. The van der Waals surface area contributed by atoms with Crippen LogP contribution in [0.25, 0.3) is 0 Å². The minimum absolute atomic E-state index is 0.0940. The summed E-state index contributed by atoms with van der Waals surface area (Å²) < 4.78 is 9.88. The minimum Gasteiger partial charge on any atom is -0.469 e. The highest BCUT2D eigenvalue weighted by Crippen LogP contribution is 2.30. The Balaban J connectivity index is 2.13. The highest BCUT2D eigenvalue weighted by molar-refractivity contribution is 5.73. The predicted octanol–water partition coefficient (Wildman–Crippen LogP) is 0.975. The summed E-state index contributed by atoms with van der Waals surface area (Å²) in [6.07, 6.45) is 1.96. The van der Waals surface area contributed by atoms with Crippen LogP contribution in [0, 0.1) is 5.92 Å². The Morgan fingerprint density at radius 3 is 2.64 bits per heavy atom. The number of hydrogen-bond donors (Lipinski definition) is 0. The molecule has 0 N–H and O–H groups in total. The van der Waals surface area contributed by atoms with Crippen LogP contribution in [-0.2, 0) is 14.3 Å². The molecule has 0 heterocycles. The van der Waals surface area contributed by atoms with Crippen LogP contribution >= 0.6 is 0 Å². The molecule has 1 saturated carbocycles. The van der Waals surface area contributed by atoms with Crippen molar-refractivity contribution in [2.45, 2.75) is 25.9 Å². The zero-order valence-electron chi connectivity index (χ0n) is 7.00. The molecule has 1 aliphatic carbocycles. The second-order valence-electron chi connectivity index (χ2n) is 2.77. The molecule has 0 atom stereocenters. The van der Waals surface area contributed by atoms with E-state index in [0.717, 1.165) is 19.4 Å². The van der Waals surface area contributed by atoms with Crippen LogP contribution in [0.3, 0.4) is 0 Å². The molecule has 0 aromatic heterocycles. The molecule has 0 aromatic rings. The molecular weight excluding hydrogens is 144 g/mol. The van der Waals surface area contributed by atoms with Gasteiger partial charge >= 0.3 is 5.97 Å². The van der Waals surface area contributed by atoms with Crippen molar-refractivity contribution in [2.75, 3.05) is 13.7 Å². The number of rotatable bonds is 3. The third-order valence-electron chi connectivity index (χ3n) is 2.03. The maximum Gasteiger partial charge on any atom is 0.308 e. The zero-order valence-corrected chi connectivity index (χ0v) is 7.00. The van der Waals surface area contributed by atoms with Gasteiger partial charge in [-0.15, -0.1) is 0 Å². The van der Waals surface area contributed by atoms with Gasteiger partial charge in [0.2, 0.25) is 0 Å². The Morgan fingerprint density at radius 2 is 2.18 bits per heavy atom. The lowest BCUT2D eigenvalue weighted by Crippen LogP contribution is -2.36. The smallest absolute Gasteiger partial charge is 0.308 e. The van der Waals surface area contributed by atoms with Gasteiger partial charge in [-0.1, -0.05) is 0 Å². The van der Waals surface area contributed by atoms with Gasteiger partial charge in [0.05, 0.1) is 19.1 Å². The Morgan fingerprint density at radius 1 is 1.55 bits per heavy atom. The maximum absolute atomic E-state index is 10.9. The van der Waals surface area contributed by atoms with Gasteiger partial charge in [-0.3, -0.25) is 4.79 Å². The van der Waals surface area contributed by atoms with Crippen LogP contribution in [0.5, 0.6) is 0 Å². The Kier molecular flexibility index (Phi) is 2.88. The van der Waals surface area contributed by atoms with E-state index < -0.39 is 0 Å². The van der Waals surface area contributed by atoms with Crippen LogP contribution in [0.2, 0.25) is 0 Å². The van der Waals surface area contributed by atoms with Crippen LogP contribution in [-0.4, -0.2) is 25.8 Å². The van der Waals surface area contributed by atoms with Gasteiger partial charge in [-0.05, 0) is 19.8 Å². The van der Waals surface area contributed by atoms with E-state index in [2.05, 4.69) is 4.74 Å². The summed E-state index contributed by atoms with van der Waals surface area (Å²) >= 11 is 0. The van der Waals surface area contributed by atoms with E-state index in [4.69, 9.17) is 4.74 Å². The predicted molar refractivity (Wildman–Crippen MR) is 40.2 cm³/mol. The van der Waals surface area contributed by atoms with Crippen molar-refractivity contribution in [1.29, 1.82) is 0 Å². The van der Waals surface area contributed by atoms with Gasteiger partial charge in [-0.25, -0.2) is 0 Å². The second kappa shape index (κ2) is 3.72. The number of carbonyl (C=O) groups is 1. The molecule has 0 spiro atoms. The first-order valence-corrected chi connectivity index (χ1v) is 3.97. The quantitative estimate of drug-likeness (QED) is 0.574. The first-order chi connectivity index (χ1) is 5.27. The average Bonchev–Trinajstić information content (AvgIpc) is 1.94. The lowest BCUT2D eigenvalue weighted by Gasteiger charge is -2.32. The summed E-state index contributed by atoms with van der Waals surface area (Å²) in [5.41, 5.74) is 0. The van der Waals surface area contributed by atoms with Crippen molar-refractivity contribution in [1.82, 2.24) is 0 Å². The van der Waals surface area contributed by atoms with Crippen molar-refractivity contribution in [3.63, 3.8) is 0 Å². The molecule has 0 aromatic carbocycles. The monoisotopic (exact) mass is 158 g/mol. The van der Waals surface area contributed by atoms with Crippen LogP contribution in [0.15, 0.2) is 0 Å². The third-order valence-corrected chi connectivity index (χ3v) is 2.03. The molecular formula is C8H14O3. The highest BCUT2D eigenvalue weighted by Gasteiger charge is 2.35. The molecule has 1 rings (SSSR count). The lowest BCUT2D eigenvalue weighted by molar-refractivity contribution is -0.154. The van der Waals surface area contributed by atoms with Gasteiger partial charge in [0, 0.05) is 6.61 Å². The SMILES string of the molecule is CCOC1CC(C(=O)OC)C1. The molecule has 1 fully saturated rings. The van der Waals surface area contributed by atoms with E-state index in [9.17, 15) is 4.79 Å². The van der Waals surface area contributed by atoms with Crippen molar-refractivity contribution in [3.05, 3.63) is 0 Å². The molecule has 3 nitrogen and oxygen atoms in total. The van der Waals surface area contributed by atoms with Gasteiger partial charge < -0.3 is 9.47 Å². The summed E-state index contributed by atoms with van der Waals surface area (Å²) in [4.78, 5) is 10.9. The van der Waals surface area contributed by atoms with E-state index in [-0.39, 0.29) is 11.9 Å². The van der Waals surface area contributed by atoms with Crippen molar-refractivity contribution >= 4 is 5.97 Å². The second-order valence-corrected chi connectivity index (χ2v) is 2.77. The molecule has 0 aliphatic heterocycles. The number of hydrogen-bond acceptors (Lipinski definition) is 3. The molecule has 3 heteroatoms. The first kappa shape index (κ1) is 8.53. The van der Waals surface area contributed by atoms with Gasteiger partial charge in [0.15, 0.2) is 0 Å². The van der Waals surface area contributed by atoms with Crippen molar-refractivity contribution in [3.8, 4) is 0 Å². The lowest BCUT2D eigenvalue weighted by atomic mass is 9.82. The van der Waals surface area contributed by atoms with E-state index in [1.165, 1.54) is 7.11 Å². The maximum atomic E-state index is 10.9. The number of esters is 1. The summed E-state index contributed by atoms with van der Waals surface area (Å²) in [6, 6.07) is 0. The number of ether oxygens (including phenoxy) is 2.